The van der Waals surface area contributed by atoms with Crippen LogP contribution in [0.25, 0.3) is 0 Å². The number of hydrogen-bond acceptors (Lipinski definition) is 2. The van der Waals surface area contributed by atoms with E-state index in [0.29, 0.717) is 6.61 Å². The van der Waals surface area contributed by atoms with Crippen molar-refractivity contribution in [2.45, 2.75) is 12.5 Å². The first kappa shape index (κ1) is 13.9. The van der Waals surface area contributed by atoms with Crippen LogP contribution in [0.2, 0.25) is 5.02 Å². The van der Waals surface area contributed by atoms with Crippen molar-refractivity contribution >= 4 is 11.6 Å². The van der Waals surface area contributed by atoms with Crippen LogP contribution in [-0.4, -0.2) is 13.7 Å². The van der Waals surface area contributed by atoms with Crippen LogP contribution in [0.1, 0.15) is 18.0 Å². The van der Waals surface area contributed by atoms with E-state index in [1.54, 1.807) is 0 Å². The van der Waals surface area contributed by atoms with Crippen molar-refractivity contribution in [1.29, 1.82) is 0 Å². The van der Waals surface area contributed by atoms with Gasteiger partial charge in [0.1, 0.15) is 5.75 Å². The molecule has 19 heavy (non-hydrogen) atoms. The molecule has 2 aromatic rings. The van der Waals surface area contributed by atoms with Gasteiger partial charge in [0.05, 0.1) is 6.61 Å². The maximum Gasteiger partial charge on any atom is 0.119 e. The molecule has 0 aliphatic carbocycles. The minimum Gasteiger partial charge on any atom is -0.494 e. The molecule has 1 unspecified atom stereocenters. The molecule has 0 spiro atoms. The normalized spacial score (nSPS) is 12.1. The van der Waals surface area contributed by atoms with E-state index in [9.17, 15) is 0 Å². The van der Waals surface area contributed by atoms with Crippen LogP contribution >= 0.6 is 11.6 Å². The third-order valence-electron chi connectivity index (χ3n) is 3.04. The van der Waals surface area contributed by atoms with E-state index in [-0.39, 0.29) is 6.04 Å². The van der Waals surface area contributed by atoms with Gasteiger partial charge >= 0.3 is 0 Å². The molecule has 0 aromatic heterocycles. The summed E-state index contributed by atoms with van der Waals surface area (Å²) in [5, 5.41) is 4.06. The Bertz CT molecular complexity index is 484. The molecule has 0 bridgehead atoms. The number of halogens is 1. The predicted octanol–water partition coefficient (Wildman–Crippen LogP) is 4.07. The van der Waals surface area contributed by atoms with Crippen molar-refractivity contribution in [3.8, 4) is 5.75 Å². The van der Waals surface area contributed by atoms with Crippen molar-refractivity contribution in [3.05, 3.63) is 65.2 Å². The fourth-order valence-corrected chi connectivity index (χ4v) is 2.11. The SMILES string of the molecule is CNC(CCOc1ccccc1)c1ccc(Cl)cc1. The molecule has 0 aliphatic rings. The summed E-state index contributed by atoms with van der Waals surface area (Å²) in [4.78, 5) is 0. The van der Waals surface area contributed by atoms with Crippen LogP contribution in [0.5, 0.6) is 5.75 Å². The summed E-state index contributed by atoms with van der Waals surface area (Å²) < 4.78 is 5.72. The smallest absolute Gasteiger partial charge is 0.119 e. The summed E-state index contributed by atoms with van der Waals surface area (Å²) >= 11 is 5.90. The summed E-state index contributed by atoms with van der Waals surface area (Å²) in [5.74, 6) is 0.911. The van der Waals surface area contributed by atoms with Gasteiger partial charge in [-0.05, 0) is 36.9 Å². The van der Waals surface area contributed by atoms with E-state index in [2.05, 4.69) is 5.32 Å². The van der Waals surface area contributed by atoms with Crippen LogP contribution in [0, 0.1) is 0 Å². The Morgan fingerprint density at radius 1 is 1.05 bits per heavy atom. The summed E-state index contributed by atoms with van der Waals surface area (Å²) in [7, 11) is 1.96. The standard InChI is InChI=1S/C16H18ClNO/c1-18-16(13-7-9-14(17)10-8-13)11-12-19-15-5-3-2-4-6-15/h2-10,16,18H,11-12H2,1H3. The van der Waals surface area contributed by atoms with Gasteiger partial charge in [-0.1, -0.05) is 41.9 Å². The lowest BCUT2D eigenvalue weighted by Crippen LogP contribution is -2.19. The Morgan fingerprint density at radius 2 is 1.74 bits per heavy atom. The quantitative estimate of drug-likeness (QED) is 0.858. The van der Waals surface area contributed by atoms with Crippen molar-refractivity contribution in [1.82, 2.24) is 5.32 Å². The average molecular weight is 276 g/mol. The predicted molar refractivity (Wildman–Crippen MR) is 79.8 cm³/mol. The molecule has 1 N–H and O–H groups in total. The van der Waals surface area contributed by atoms with Gasteiger partial charge in [0.15, 0.2) is 0 Å². The van der Waals surface area contributed by atoms with Gasteiger partial charge in [0.25, 0.3) is 0 Å². The van der Waals surface area contributed by atoms with Crippen LogP contribution in [-0.2, 0) is 0 Å². The lowest BCUT2D eigenvalue weighted by molar-refractivity contribution is 0.290. The van der Waals surface area contributed by atoms with Crippen LogP contribution in [0.4, 0.5) is 0 Å². The first-order valence-electron chi connectivity index (χ1n) is 6.40. The lowest BCUT2D eigenvalue weighted by Gasteiger charge is -2.17. The maximum absolute atomic E-state index is 5.90. The Morgan fingerprint density at radius 3 is 2.37 bits per heavy atom. The third-order valence-corrected chi connectivity index (χ3v) is 3.29. The molecule has 0 heterocycles. The zero-order chi connectivity index (χ0) is 13.5. The van der Waals surface area contributed by atoms with E-state index in [1.165, 1.54) is 5.56 Å². The average Bonchev–Trinajstić information content (AvgIpc) is 2.46. The van der Waals surface area contributed by atoms with E-state index >= 15 is 0 Å². The molecule has 2 nitrogen and oxygen atoms in total. The highest BCUT2D eigenvalue weighted by atomic mass is 35.5. The van der Waals surface area contributed by atoms with Crippen molar-refractivity contribution < 1.29 is 4.74 Å². The second kappa shape index (κ2) is 7.17. The second-order valence-corrected chi connectivity index (χ2v) is 4.78. The molecule has 0 saturated carbocycles. The molecule has 0 amide bonds. The van der Waals surface area contributed by atoms with Gasteiger partial charge in [0, 0.05) is 17.5 Å². The highest BCUT2D eigenvalue weighted by molar-refractivity contribution is 6.30. The number of hydrogen-bond donors (Lipinski definition) is 1. The molecule has 0 radical (unpaired) electrons. The monoisotopic (exact) mass is 275 g/mol. The van der Waals surface area contributed by atoms with E-state index in [0.717, 1.165) is 17.2 Å². The molecule has 0 fully saturated rings. The third kappa shape index (κ3) is 4.27. The summed E-state index contributed by atoms with van der Waals surface area (Å²) in [6.07, 6.45) is 0.910. The van der Waals surface area contributed by atoms with Crippen LogP contribution < -0.4 is 10.1 Å². The minimum atomic E-state index is 0.279. The van der Waals surface area contributed by atoms with Gasteiger partial charge in [-0.3, -0.25) is 0 Å². The Hall–Kier alpha value is -1.51. The van der Waals surface area contributed by atoms with Gasteiger partial charge < -0.3 is 10.1 Å². The number of benzene rings is 2. The molecular weight excluding hydrogens is 258 g/mol. The zero-order valence-electron chi connectivity index (χ0n) is 11.0. The number of ether oxygens (including phenoxy) is 1. The lowest BCUT2D eigenvalue weighted by atomic mass is 10.0. The van der Waals surface area contributed by atoms with E-state index < -0.39 is 0 Å². The molecule has 0 saturated heterocycles. The molecule has 2 rings (SSSR count). The van der Waals surface area contributed by atoms with Crippen molar-refractivity contribution in [3.63, 3.8) is 0 Å². The minimum absolute atomic E-state index is 0.279. The van der Waals surface area contributed by atoms with Crippen LogP contribution in [0.15, 0.2) is 54.6 Å². The second-order valence-electron chi connectivity index (χ2n) is 4.34. The van der Waals surface area contributed by atoms with Gasteiger partial charge in [0.2, 0.25) is 0 Å². The summed E-state index contributed by atoms with van der Waals surface area (Å²) in [6.45, 7) is 0.679. The Kier molecular flexibility index (Phi) is 5.25. The number of para-hydroxylation sites is 1. The molecule has 2 aromatic carbocycles. The summed E-state index contributed by atoms with van der Waals surface area (Å²) in [5.41, 5.74) is 1.23. The first-order chi connectivity index (χ1) is 9.29. The fourth-order valence-electron chi connectivity index (χ4n) is 1.98. The number of rotatable bonds is 6. The maximum atomic E-state index is 5.90. The zero-order valence-corrected chi connectivity index (χ0v) is 11.7. The topological polar surface area (TPSA) is 21.3 Å². The Labute approximate surface area is 119 Å². The molecule has 1 atom stereocenters. The largest absolute Gasteiger partial charge is 0.494 e. The fraction of sp³-hybridized carbons (Fsp3) is 0.250. The highest BCUT2D eigenvalue weighted by Gasteiger charge is 2.09. The first-order valence-corrected chi connectivity index (χ1v) is 6.78. The van der Waals surface area contributed by atoms with E-state index in [1.807, 2.05) is 61.6 Å². The van der Waals surface area contributed by atoms with Gasteiger partial charge in [-0.15, -0.1) is 0 Å². The molecule has 0 aliphatic heterocycles. The Balaban J connectivity index is 1.87. The van der Waals surface area contributed by atoms with Crippen LogP contribution in [0.3, 0.4) is 0 Å². The highest BCUT2D eigenvalue weighted by Crippen LogP contribution is 2.19. The summed E-state index contributed by atoms with van der Waals surface area (Å²) in [6, 6.07) is 18.1. The number of nitrogens with one attached hydrogen (secondary N) is 1. The molecule has 100 valence electrons. The van der Waals surface area contributed by atoms with Crippen molar-refractivity contribution in [2.24, 2.45) is 0 Å². The van der Waals surface area contributed by atoms with Crippen molar-refractivity contribution in [2.75, 3.05) is 13.7 Å². The molecule has 3 heteroatoms. The van der Waals surface area contributed by atoms with Gasteiger partial charge in [-0.25, -0.2) is 0 Å². The van der Waals surface area contributed by atoms with E-state index in [4.69, 9.17) is 16.3 Å². The molecular formula is C16H18ClNO. The van der Waals surface area contributed by atoms with Gasteiger partial charge in [-0.2, -0.15) is 0 Å².